The van der Waals surface area contributed by atoms with Gasteiger partial charge in [-0.15, -0.1) is 0 Å². The van der Waals surface area contributed by atoms with E-state index in [1.165, 1.54) is 0 Å². The first-order valence-electron chi connectivity index (χ1n) is 4.58. The third kappa shape index (κ3) is 1.94. The van der Waals surface area contributed by atoms with E-state index >= 15 is 0 Å². The molecule has 0 fully saturated rings. The summed E-state index contributed by atoms with van der Waals surface area (Å²) in [6, 6.07) is 7.57. The molecule has 0 aliphatic heterocycles. The fourth-order valence-electron chi connectivity index (χ4n) is 1.42. The van der Waals surface area contributed by atoms with E-state index in [2.05, 4.69) is 9.97 Å². The fourth-order valence-corrected chi connectivity index (χ4v) is 1.42. The lowest BCUT2D eigenvalue weighted by molar-refractivity contribution is 0.282. The highest BCUT2D eigenvalue weighted by Gasteiger charge is 2.03. The number of hydrogen-bond acceptors (Lipinski definition) is 4. The number of nitrogen functional groups attached to an aromatic ring is 1. The number of aliphatic hydroxyl groups is 1. The molecule has 3 N–H and O–H groups in total. The molecule has 0 saturated heterocycles. The molecule has 1 aromatic carbocycles. The molecular weight excluding hydrogens is 190 g/mol. The minimum atomic E-state index is 0.000545. The molecule has 0 bridgehead atoms. The van der Waals surface area contributed by atoms with Crippen LogP contribution in [0.4, 0.5) is 5.95 Å². The normalized spacial score (nSPS) is 10.2. The van der Waals surface area contributed by atoms with Gasteiger partial charge in [-0.25, -0.2) is 9.97 Å². The Morgan fingerprint density at radius 3 is 2.47 bits per heavy atom. The molecule has 0 amide bonds. The molecule has 2 aromatic rings. The van der Waals surface area contributed by atoms with E-state index < -0.39 is 0 Å². The van der Waals surface area contributed by atoms with Gasteiger partial charge in [-0.1, -0.05) is 24.3 Å². The Balaban J connectivity index is 2.49. The van der Waals surface area contributed by atoms with Gasteiger partial charge in [-0.2, -0.15) is 0 Å². The van der Waals surface area contributed by atoms with Crippen LogP contribution in [0.1, 0.15) is 5.56 Å². The molecule has 0 spiro atoms. The molecular formula is C11H11N3O. The maximum absolute atomic E-state index is 9.17. The molecule has 0 aliphatic rings. The van der Waals surface area contributed by atoms with Crippen molar-refractivity contribution < 1.29 is 5.11 Å². The molecule has 2 rings (SSSR count). The van der Waals surface area contributed by atoms with Gasteiger partial charge >= 0.3 is 0 Å². The Kier molecular flexibility index (Phi) is 2.60. The molecule has 0 atom stereocenters. The number of nitrogens with two attached hydrogens (primary N) is 1. The number of hydrogen-bond donors (Lipinski definition) is 2. The van der Waals surface area contributed by atoms with Crippen molar-refractivity contribution in [1.29, 1.82) is 0 Å². The molecule has 15 heavy (non-hydrogen) atoms. The van der Waals surface area contributed by atoms with E-state index in [1.54, 1.807) is 12.4 Å². The predicted molar refractivity (Wildman–Crippen MR) is 57.8 cm³/mol. The summed E-state index contributed by atoms with van der Waals surface area (Å²) in [6.07, 6.45) is 3.30. The summed E-state index contributed by atoms with van der Waals surface area (Å²) in [5, 5.41) is 9.17. The second-order valence-corrected chi connectivity index (χ2v) is 3.15. The van der Waals surface area contributed by atoms with E-state index in [1.807, 2.05) is 24.3 Å². The first-order chi connectivity index (χ1) is 7.31. The number of aliphatic hydroxyl groups excluding tert-OH is 1. The smallest absolute Gasteiger partial charge is 0.219 e. The molecule has 1 heterocycles. The molecule has 0 unspecified atom stereocenters. The van der Waals surface area contributed by atoms with Crippen LogP contribution < -0.4 is 5.73 Å². The van der Waals surface area contributed by atoms with Gasteiger partial charge in [0.05, 0.1) is 6.61 Å². The van der Waals surface area contributed by atoms with Crippen LogP contribution in [0.15, 0.2) is 36.7 Å². The molecule has 1 aromatic heterocycles. The van der Waals surface area contributed by atoms with Crippen molar-refractivity contribution in [2.75, 3.05) is 5.73 Å². The Hall–Kier alpha value is -1.94. The summed E-state index contributed by atoms with van der Waals surface area (Å²) in [5.41, 5.74) is 8.04. The van der Waals surface area contributed by atoms with Gasteiger partial charge in [-0.05, 0) is 11.1 Å². The molecule has 0 radical (unpaired) electrons. The zero-order chi connectivity index (χ0) is 10.7. The van der Waals surface area contributed by atoms with Crippen molar-refractivity contribution in [2.45, 2.75) is 6.61 Å². The standard InChI is InChI=1S/C11H11N3O/c12-11-13-5-9(6-14-11)10-4-2-1-3-8(10)7-15/h1-6,15H,7H2,(H2,12,13,14). The van der Waals surface area contributed by atoms with Gasteiger partial charge < -0.3 is 10.8 Å². The fraction of sp³-hybridized carbons (Fsp3) is 0.0909. The number of rotatable bonds is 2. The Morgan fingerprint density at radius 1 is 1.13 bits per heavy atom. The third-order valence-corrected chi connectivity index (χ3v) is 2.17. The van der Waals surface area contributed by atoms with Crippen LogP contribution in [0.5, 0.6) is 0 Å². The van der Waals surface area contributed by atoms with E-state index in [4.69, 9.17) is 10.8 Å². The van der Waals surface area contributed by atoms with Gasteiger partial charge in [0.2, 0.25) is 5.95 Å². The molecule has 0 aliphatic carbocycles. The van der Waals surface area contributed by atoms with Gasteiger partial charge in [0.15, 0.2) is 0 Å². The van der Waals surface area contributed by atoms with Gasteiger partial charge in [0.1, 0.15) is 0 Å². The van der Waals surface area contributed by atoms with Crippen LogP contribution in [0.3, 0.4) is 0 Å². The van der Waals surface area contributed by atoms with Crippen molar-refractivity contribution in [3.05, 3.63) is 42.2 Å². The summed E-state index contributed by atoms with van der Waals surface area (Å²) in [6.45, 7) is 0.000545. The summed E-state index contributed by atoms with van der Waals surface area (Å²) in [5.74, 6) is 0.250. The highest BCUT2D eigenvalue weighted by atomic mass is 16.3. The number of nitrogens with zero attached hydrogens (tertiary/aromatic N) is 2. The third-order valence-electron chi connectivity index (χ3n) is 2.17. The minimum absolute atomic E-state index is 0.000545. The van der Waals surface area contributed by atoms with Gasteiger partial charge in [-0.3, -0.25) is 0 Å². The predicted octanol–water partition coefficient (Wildman–Crippen LogP) is 1.22. The average molecular weight is 201 g/mol. The lowest BCUT2D eigenvalue weighted by Crippen LogP contribution is -1.95. The second-order valence-electron chi connectivity index (χ2n) is 3.15. The largest absolute Gasteiger partial charge is 0.392 e. The summed E-state index contributed by atoms with van der Waals surface area (Å²) >= 11 is 0. The average Bonchev–Trinajstić information content (AvgIpc) is 2.30. The van der Waals surface area contributed by atoms with Crippen LogP contribution in [0.2, 0.25) is 0 Å². The van der Waals surface area contributed by atoms with Gasteiger partial charge in [0.25, 0.3) is 0 Å². The minimum Gasteiger partial charge on any atom is -0.392 e. The van der Waals surface area contributed by atoms with Crippen molar-refractivity contribution in [3.8, 4) is 11.1 Å². The summed E-state index contributed by atoms with van der Waals surface area (Å²) < 4.78 is 0. The Bertz CT molecular complexity index is 454. The zero-order valence-corrected chi connectivity index (χ0v) is 8.09. The van der Waals surface area contributed by atoms with Crippen molar-refractivity contribution in [1.82, 2.24) is 9.97 Å². The summed E-state index contributed by atoms with van der Waals surface area (Å²) in [4.78, 5) is 7.83. The van der Waals surface area contributed by atoms with E-state index in [0.717, 1.165) is 16.7 Å². The molecule has 4 heteroatoms. The highest BCUT2D eigenvalue weighted by molar-refractivity contribution is 5.65. The number of aromatic nitrogens is 2. The van der Waals surface area contributed by atoms with Crippen LogP contribution >= 0.6 is 0 Å². The Morgan fingerprint density at radius 2 is 1.80 bits per heavy atom. The maximum atomic E-state index is 9.17. The van der Waals surface area contributed by atoms with Crippen molar-refractivity contribution in [2.24, 2.45) is 0 Å². The van der Waals surface area contributed by atoms with Crippen LogP contribution in [-0.4, -0.2) is 15.1 Å². The van der Waals surface area contributed by atoms with E-state index in [0.29, 0.717) is 0 Å². The summed E-state index contributed by atoms with van der Waals surface area (Å²) in [7, 11) is 0. The first kappa shape index (κ1) is 9.61. The zero-order valence-electron chi connectivity index (χ0n) is 8.09. The quantitative estimate of drug-likeness (QED) is 0.766. The van der Waals surface area contributed by atoms with Gasteiger partial charge in [0, 0.05) is 18.0 Å². The van der Waals surface area contributed by atoms with E-state index in [-0.39, 0.29) is 12.6 Å². The number of benzene rings is 1. The lowest BCUT2D eigenvalue weighted by atomic mass is 10.0. The van der Waals surface area contributed by atoms with E-state index in [9.17, 15) is 0 Å². The van der Waals surface area contributed by atoms with Crippen LogP contribution in [0, 0.1) is 0 Å². The maximum Gasteiger partial charge on any atom is 0.219 e. The lowest BCUT2D eigenvalue weighted by Gasteiger charge is -2.06. The monoisotopic (exact) mass is 201 g/mol. The number of anilines is 1. The SMILES string of the molecule is Nc1ncc(-c2ccccc2CO)cn1. The highest BCUT2D eigenvalue weighted by Crippen LogP contribution is 2.22. The second kappa shape index (κ2) is 4.06. The van der Waals surface area contributed by atoms with Crippen molar-refractivity contribution in [3.63, 3.8) is 0 Å². The Labute approximate surface area is 87.4 Å². The van der Waals surface area contributed by atoms with Crippen molar-refractivity contribution >= 4 is 5.95 Å². The molecule has 4 nitrogen and oxygen atoms in total. The van der Waals surface area contributed by atoms with Crippen LogP contribution in [-0.2, 0) is 6.61 Å². The first-order valence-corrected chi connectivity index (χ1v) is 4.58. The molecule has 76 valence electrons. The topological polar surface area (TPSA) is 72.0 Å². The van der Waals surface area contributed by atoms with Crippen LogP contribution in [0.25, 0.3) is 11.1 Å². The molecule has 0 saturated carbocycles.